The van der Waals surface area contributed by atoms with E-state index in [0.29, 0.717) is 0 Å². The molecule has 1 fully saturated rings. The number of halogens is 1. The fraction of sp³-hybridized carbons (Fsp3) is 0.130. The first-order valence-electron chi connectivity index (χ1n) is 8.77. The van der Waals surface area contributed by atoms with Gasteiger partial charge in [0.1, 0.15) is 11.5 Å². The van der Waals surface area contributed by atoms with E-state index in [2.05, 4.69) is 24.4 Å². The van der Waals surface area contributed by atoms with Gasteiger partial charge in [-0.2, -0.15) is 0 Å². The summed E-state index contributed by atoms with van der Waals surface area (Å²) < 4.78 is 5.90. The highest BCUT2D eigenvalue weighted by Gasteiger charge is 2.19. The fourth-order valence-corrected chi connectivity index (χ4v) is 2.91. The van der Waals surface area contributed by atoms with Gasteiger partial charge >= 0.3 is 0 Å². The molecule has 0 heterocycles. The second-order valence-corrected chi connectivity index (χ2v) is 6.99. The van der Waals surface area contributed by atoms with Crippen molar-refractivity contribution in [2.75, 3.05) is 5.32 Å². The van der Waals surface area contributed by atoms with Crippen molar-refractivity contribution in [2.24, 2.45) is 0 Å². The van der Waals surface area contributed by atoms with E-state index in [1.54, 1.807) is 0 Å². The van der Waals surface area contributed by atoms with Crippen LogP contribution in [0.15, 0.2) is 78.4 Å². The highest BCUT2D eigenvalue weighted by atomic mass is 35.5. The van der Waals surface area contributed by atoms with Gasteiger partial charge in [0.25, 0.3) is 0 Å². The molecule has 1 saturated carbocycles. The lowest BCUT2D eigenvalue weighted by Crippen LogP contribution is -1.99. The number of benzene rings is 3. The van der Waals surface area contributed by atoms with Gasteiger partial charge in [-0.25, -0.2) is 0 Å². The molecule has 1 aliphatic rings. The summed E-state index contributed by atoms with van der Waals surface area (Å²) in [5.41, 5.74) is 6.08. The van der Waals surface area contributed by atoms with Crippen LogP contribution in [0.3, 0.4) is 0 Å². The third-order valence-corrected chi connectivity index (χ3v) is 4.62. The average Bonchev–Trinajstić information content (AvgIpc) is 3.49. The first kappa shape index (κ1) is 16.7. The molecular formula is C23H20ClNO. The van der Waals surface area contributed by atoms with Gasteiger partial charge in [0, 0.05) is 16.4 Å². The topological polar surface area (TPSA) is 21.3 Å². The predicted octanol–water partition coefficient (Wildman–Crippen LogP) is 7.06. The SMILES string of the molecule is Cc1ccc(Oc2ccc(NC(=C3CC3)c3ccc(Cl)cc3)cc2)cc1. The van der Waals surface area contributed by atoms with E-state index >= 15 is 0 Å². The lowest BCUT2D eigenvalue weighted by Gasteiger charge is -2.13. The Labute approximate surface area is 159 Å². The zero-order valence-corrected chi connectivity index (χ0v) is 15.4. The van der Waals surface area contributed by atoms with Crippen LogP contribution in [0, 0.1) is 6.92 Å². The van der Waals surface area contributed by atoms with Gasteiger partial charge in [-0.05, 0) is 79.4 Å². The molecule has 2 nitrogen and oxygen atoms in total. The number of rotatable bonds is 5. The van der Waals surface area contributed by atoms with Crippen molar-refractivity contribution in [1.82, 2.24) is 0 Å². The molecule has 0 atom stereocenters. The van der Waals surface area contributed by atoms with Crippen molar-refractivity contribution in [3.63, 3.8) is 0 Å². The van der Waals surface area contributed by atoms with Crippen molar-refractivity contribution >= 4 is 23.0 Å². The van der Waals surface area contributed by atoms with Crippen LogP contribution in [0.2, 0.25) is 5.02 Å². The minimum absolute atomic E-state index is 0.756. The van der Waals surface area contributed by atoms with Crippen LogP contribution in [0.5, 0.6) is 11.5 Å². The minimum atomic E-state index is 0.756. The Morgan fingerprint density at radius 2 is 1.38 bits per heavy atom. The van der Waals surface area contributed by atoms with Crippen molar-refractivity contribution in [2.45, 2.75) is 19.8 Å². The van der Waals surface area contributed by atoms with Crippen LogP contribution in [0.1, 0.15) is 24.0 Å². The number of nitrogens with one attached hydrogen (secondary N) is 1. The minimum Gasteiger partial charge on any atom is -0.457 e. The van der Waals surface area contributed by atoms with Crippen LogP contribution in [0.4, 0.5) is 5.69 Å². The molecule has 0 aromatic heterocycles. The number of allylic oxidation sites excluding steroid dienone is 1. The van der Waals surface area contributed by atoms with E-state index in [1.165, 1.54) is 22.4 Å². The maximum absolute atomic E-state index is 6.01. The maximum atomic E-state index is 6.01. The quantitative estimate of drug-likeness (QED) is 0.525. The molecule has 0 bridgehead atoms. The summed E-state index contributed by atoms with van der Waals surface area (Å²) in [6.07, 6.45) is 2.30. The Balaban J connectivity index is 1.49. The van der Waals surface area contributed by atoms with Crippen LogP contribution in [0.25, 0.3) is 5.70 Å². The fourth-order valence-electron chi connectivity index (χ4n) is 2.79. The molecule has 130 valence electrons. The first-order chi connectivity index (χ1) is 12.7. The van der Waals surface area contributed by atoms with Crippen molar-refractivity contribution in [3.8, 4) is 11.5 Å². The molecule has 3 aromatic carbocycles. The highest BCUT2D eigenvalue weighted by molar-refractivity contribution is 6.30. The zero-order chi connectivity index (χ0) is 17.9. The van der Waals surface area contributed by atoms with E-state index in [9.17, 15) is 0 Å². The summed E-state index contributed by atoms with van der Waals surface area (Å²) in [7, 11) is 0. The van der Waals surface area contributed by atoms with Gasteiger partial charge in [-0.3, -0.25) is 0 Å². The van der Waals surface area contributed by atoms with Crippen molar-refractivity contribution in [1.29, 1.82) is 0 Å². The normalized spacial score (nSPS) is 12.6. The molecule has 26 heavy (non-hydrogen) atoms. The van der Waals surface area contributed by atoms with Crippen LogP contribution in [-0.2, 0) is 0 Å². The summed E-state index contributed by atoms with van der Waals surface area (Å²) in [6, 6.07) is 24.1. The Hall–Kier alpha value is -2.71. The van der Waals surface area contributed by atoms with Crippen LogP contribution in [-0.4, -0.2) is 0 Å². The van der Waals surface area contributed by atoms with Crippen LogP contribution >= 0.6 is 11.6 Å². The van der Waals surface area contributed by atoms with E-state index in [-0.39, 0.29) is 0 Å². The molecule has 0 amide bonds. The van der Waals surface area contributed by atoms with E-state index in [0.717, 1.165) is 35.1 Å². The largest absolute Gasteiger partial charge is 0.457 e. The second kappa shape index (κ2) is 7.27. The maximum Gasteiger partial charge on any atom is 0.127 e. The number of aryl methyl sites for hydroxylation is 1. The molecule has 3 heteroatoms. The summed E-state index contributed by atoms with van der Waals surface area (Å²) in [5, 5.41) is 4.31. The summed E-state index contributed by atoms with van der Waals surface area (Å²) in [4.78, 5) is 0. The zero-order valence-electron chi connectivity index (χ0n) is 14.6. The van der Waals surface area contributed by atoms with Gasteiger partial charge < -0.3 is 10.1 Å². The lowest BCUT2D eigenvalue weighted by atomic mass is 10.1. The Morgan fingerprint density at radius 1 is 0.808 bits per heavy atom. The Morgan fingerprint density at radius 3 is 1.96 bits per heavy atom. The van der Waals surface area contributed by atoms with Gasteiger partial charge in [-0.1, -0.05) is 41.4 Å². The number of hydrogen-bond donors (Lipinski definition) is 1. The van der Waals surface area contributed by atoms with Crippen LogP contribution < -0.4 is 10.1 Å². The van der Waals surface area contributed by atoms with Crippen molar-refractivity contribution < 1.29 is 4.74 Å². The van der Waals surface area contributed by atoms with E-state index < -0.39 is 0 Å². The van der Waals surface area contributed by atoms with Gasteiger partial charge in [0.15, 0.2) is 0 Å². The Kier molecular flexibility index (Phi) is 4.68. The van der Waals surface area contributed by atoms with Gasteiger partial charge in [0.2, 0.25) is 0 Å². The number of hydrogen-bond acceptors (Lipinski definition) is 2. The Bertz CT molecular complexity index is 919. The standard InChI is InChI=1S/C23H20ClNO/c1-16-2-12-21(13-3-16)26-22-14-10-20(11-15-22)25-23(17-4-5-17)18-6-8-19(24)9-7-18/h2-3,6-15,25H,4-5H2,1H3. The summed E-state index contributed by atoms with van der Waals surface area (Å²) in [5.74, 6) is 1.67. The van der Waals surface area contributed by atoms with E-state index in [4.69, 9.17) is 16.3 Å². The molecule has 3 aromatic rings. The molecule has 0 aliphatic heterocycles. The highest BCUT2D eigenvalue weighted by Crippen LogP contribution is 2.37. The molecule has 4 rings (SSSR count). The number of anilines is 1. The van der Waals surface area contributed by atoms with Gasteiger partial charge in [-0.15, -0.1) is 0 Å². The molecule has 0 saturated heterocycles. The molecule has 1 aliphatic carbocycles. The monoisotopic (exact) mass is 361 g/mol. The third-order valence-electron chi connectivity index (χ3n) is 4.37. The summed E-state index contributed by atoms with van der Waals surface area (Å²) in [6.45, 7) is 2.07. The van der Waals surface area contributed by atoms with Gasteiger partial charge in [0.05, 0.1) is 0 Å². The number of ether oxygens (including phenoxy) is 1. The first-order valence-corrected chi connectivity index (χ1v) is 9.15. The van der Waals surface area contributed by atoms with Crippen molar-refractivity contribution in [3.05, 3.63) is 94.5 Å². The molecule has 0 unspecified atom stereocenters. The third kappa shape index (κ3) is 4.09. The molecular weight excluding hydrogens is 342 g/mol. The lowest BCUT2D eigenvalue weighted by molar-refractivity contribution is 0.482. The predicted molar refractivity (Wildman–Crippen MR) is 109 cm³/mol. The molecule has 0 spiro atoms. The molecule has 0 radical (unpaired) electrons. The second-order valence-electron chi connectivity index (χ2n) is 6.55. The smallest absolute Gasteiger partial charge is 0.127 e. The average molecular weight is 362 g/mol. The molecule has 1 N–H and O–H groups in total. The van der Waals surface area contributed by atoms with E-state index in [1.807, 2.05) is 60.7 Å². The summed E-state index contributed by atoms with van der Waals surface area (Å²) >= 11 is 6.01.